The summed E-state index contributed by atoms with van der Waals surface area (Å²) in [6, 6.07) is -3.95. The largest absolute Gasteiger partial charge is 0.460 e. The zero-order valence-corrected chi connectivity index (χ0v) is 31.2. The normalized spacial score (nSPS) is 25.6. The van der Waals surface area contributed by atoms with Gasteiger partial charge in [-0.1, -0.05) is 101 Å². The van der Waals surface area contributed by atoms with Gasteiger partial charge in [0.15, 0.2) is 0 Å². The summed E-state index contributed by atoms with van der Waals surface area (Å²) in [7, 11) is 0. The highest BCUT2D eigenvalue weighted by atomic mass is 16.5. The smallest absolute Gasteiger partial charge is 0.329 e. The quantitative estimate of drug-likeness (QED) is 0.146. The third-order valence-electron chi connectivity index (χ3n) is 8.92. The molecule has 5 amide bonds. The summed E-state index contributed by atoms with van der Waals surface area (Å²) in [5, 5.41) is 13.6. The minimum absolute atomic E-state index is 0.0262. The molecular weight excluding hydrogens is 614 g/mol. The fourth-order valence-electron chi connectivity index (χ4n) is 5.94. The number of esters is 1. The first-order valence-electron chi connectivity index (χ1n) is 18.2. The SMILES string of the molecule is CCCCCCC(C)CC(C)C1CC(=O)NCC(=O)NC(C(C)C)C(=O)NC(CC(C)C)C(=O)NC(CC)C(=O)NC(C(C)C)C(=O)O1. The Morgan fingerprint density at radius 1 is 0.688 bits per heavy atom. The Morgan fingerprint density at radius 2 is 1.29 bits per heavy atom. The Balaban J connectivity index is 3.43. The molecule has 48 heavy (non-hydrogen) atoms. The highest BCUT2D eigenvalue weighted by Gasteiger charge is 2.35. The number of nitrogens with one attached hydrogen (secondary N) is 5. The van der Waals surface area contributed by atoms with Crippen molar-refractivity contribution in [2.24, 2.45) is 29.6 Å². The van der Waals surface area contributed by atoms with Gasteiger partial charge in [-0.2, -0.15) is 0 Å². The zero-order chi connectivity index (χ0) is 36.6. The van der Waals surface area contributed by atoms with Crippen LogP contribution in [0, 0.1) is 29.6 Å². The van der Waals surface area contributed by atoms with Gasteiger partial charge in [0.05, 0.1) is 13.0 Å². The average molecular weight is 680 g/mol. The molecule has 12 nitrogen and oxygen atoms in total. The molecule has 0 spiro atoms. The predicted octanol–water partition coefficient (Wildman–Crippen LogP) is 3.76. The van der Waals surface area contributed by atoms with Gasteiger partial charge < -0.3 is 31.3 Å². The summed E-state index contributed by atoms with van der Waals surface area (Å²) in [6.07, 6.45) is 5.91. The first kappa shape index (κ1) is 42.8. The molecule has 0 aliphatic carbocycles. The highest BCUT2D eigenvalue weighted by Crippen LogP contribution is 2.25. The maximum Gasteiger partial charge on any atom is 0.329 e. The van der Waals surface area contributed by atoms with Crippen LogP contribution >= 0.6 is 0 Å². The van der Waals surface area contributed by atoms with Crippen LogP contribution in [0.1, 0.15) is 127 Å². The first-order valence-corrected chi connectivity index (χ1v) is 18.2. The number of amides is 5. The van der Waals surface area contributed by atoms with Crippen LogP contribution in [0.2, 0.25) is 0 Å². The van der Waals surface area contributed by atoms with Crippen LogP contribution in [-0.2, 0) is 33.5 Å². The molecule has 7 atom stereocenters. The molecule has 0 aromatic heterocycles. The van der Waals surface area contributed by atoms with Gasteiger partial charge in [0, 0.05) is 0 Å². The van der Waals surface area contributed by atoms with E-state index in [1.165, 1.54) is 6.42 Å². The number of hydrogen-bond acceptors (Lipinski definition) is 7. The molecule has 1 heterocycles. The minimum Gasteiger partial charge on any atom is -0.460 e. The molecule has 1 aliphatic heterocycles. The van der Waals surface area contributed by atoms with Crippen molar-refractivity contribution in [1.29, 1.82) is 0 Å². The maximum absolute atomic E-state index is 13.6. The molecule has 0 radical (unpaired) electrons. The second-order valence-corrected chi connectivity index (χ2v) is 14.8. The van der Waals surface area contributed by atoms with Crippen LogP contribution in [0.15, 0.2) is 0 Å². The number of carbonyl (C=O) groups excluding carboxylic acids is 6. The van der Waals surface area contributed by atoms with E-state index < -0.39 is 65.8 Å². The van der Waals surface area contributed by atoms with E-state index in [4.69, 9.17) is 4.74 Å². The predicted molar refractivity (Wildman–Crippen MR) is 186 cm³/mol. The van der Waals surface area contributed by atoms with E-state index in [0.717, 1.165) is 32.1 Å². The summed E-state index contributed by atoms with van der Waals surface area (Å²) in [5.41, 5.74) is 0. The number of hydrogen-bond donors (Lipinski definition) is 5. The van der Waals surface area contributed by atoms with Gasteiger partial charge in [0.1, 0.15) is 30.3 Å². The van der Waals surface area contributed by atoms with Gasteiger partial charge in [-0.25, -0.2) is 4.79 Å². The van der Waals surface area contributed by atoms with Gasteiger partial charge in [0.2, 0.25) is 29.5 Å². The summed E-state index contributed by atoms with van der Waals surface area (Å²) in [4.78, 5) is 80.1. The standard InChI is InChI=1S/C36H65N5O7/c1-11-13-14-15-16-24(9)18-25(10)28-19-29(42)37-20-30(43)40-31(22(5)6)35(46)39-27(17-21(3)4)34(45)38-26(12-2)33(44)41-32(23(7)8)36(47)48-28/h21-28,31-32H,11-20H2,1-10H3,(H,37,42)(H,38,45)(H,39,46)(H,40,43)(H,41,44). The van der Waals surface area contributed by atoms with Gasteiger partial charge in [-0.15, -0.1) is 0 Å². The minimum atomic E-state index is -1.03. The molecule has 0 aromatic carbocycles. The molecule has 0 bridgehead atoms. The molecule has 0 aromatic rings. The van der Waals surface area contributed by atoms with Crippen molar-refractivity contribution in [3.63, 3.8) is 0 Å². The van der Waals surface area contributed by atoms with Crippen molar-refractivity contribution in [2.45, 2.75) is 157 Å². The zero-order valence-electron chi connectivity index (χ0n) is 31.2. The lowest BCUT2D eigenvalue weighted by Crippen LogP contribution is -2.59. The van der Waals surface area contributed by atoms with Crippen LogP contribution in [-0.4, -0.2) is 72.3 Å². The molecule has 1 fully saturated rings. The molecule has 1 rings (SSSR count). The van der Waals surface area contributed by atoms with E-state index in [1.54, 1.807) is 34.6 Å². The molecule has 1 saturated heterocycles. The number of rotatable bonds is 13. The Bertz CT molecular complexity index is 1060. The van der Waals surface area contributed by atoms with E-state index in [-0.39, 0.29) is 43.1 Å². The molecule has 7 unspecified atom stereocenters. The van der Waals surface area contributed by atoms with Gasteiger partial charge in [-0.3, -0.25) is 24.0 Å². The third kappa shape index (κ3) is 15.4. The van der Waals surface area contributed by atoms with Crippen molar-refractivity contribution < 1.29 is 33.5 Å². The fraction of sp³-hybridized carbons (Fsp3) is 0.833. The van der Waals surface area contributed by atoms with E-state index in [0.29, 0.717) is 12.3 Å². The van der Waals surface area contributed by atoms with Crippen LogP contribution in [0.4, 0.5) is 0 Å². The summed E-state index contributed by atoms with van der Waals surface area (Å²) in [6.45, 7) is 18.5. The monoisotopic (exact) mass is 679 g/mol. The molecule has 12 heteroatoms. The van der Waals surface area contributed by atoms with Crippen LogP contribution in [0.3, 0.4) is 0 Å². The summed E-state index contributed by atoms with van der Waals surface area (Å²) < 4.78 is 6.00. The lowest BCUT2D eigenvalue weighted by atomic mass is 9.88. The molecule has 5 N–H and O–H groups in total. The van der Waals surface area contributed by atoms with Crippen molar-refractivity contribution in [3.8, 4) is 0 Å². The molecular formula is C36H65N5O7. The number of ether oxygens (including phenoxy) is 1. The Morgan fingerprint density at radius 3 is 1.85 bits per heavy atom. The van der Waals surface area contributed by atoms with E-state index in [9.17, 15) is 28.8 Å². The third-order valence-corrected chi connectivity index (χ3v) is 8.92. The Kier molecular flexibility index (Phi) is 19.4. The molecule has 1 aliphatic rings. The topological polar surface area (TPSA) is 172 Å². The molecule has 276 valence electrons. The van der Waals surface area contributed by atoms with E-state index in [2.05, 4.69) is 40.4 Å². The van der Waals surface area contributed by atoms with Crippen molar-refractivity contribution in [2.75, 3.05) is 6.54 Å². The van der Waals surface area contributed by atoms with Gasteiger partial charge in [0.25, 0.3) is 0 Å². The Hall–Kier alpha value is -3.18. The van der Waals surface area contributed by atoms with Crippen LogP contribution < -0.4 is 26.6 Å². The average Bonchev–Trinajstić information content (AvgIpc) is 3.00. The number of unbranched alkanes of at least 4 members (excludes halogenated alkanes) is 3. The lowest BCUT2D eigenvalue weighted by Gasteiger charge is -2.30. The van der Waals surface area contributed by atoms with E-state index in [1.807, 2.05) is 20.8 Å². The maximum atomic E-state index is 13.6. The van der Waals surface area contributed by atoms with Gasteiger partial charge >= 0.3 is 5.97 Å². The Labute approximate surface area is 288 Å². The number of carbonyl (C=O) groups is 6. The van der Waals surface area contributed by atoms with Crippen molar-refractivity contribution in [3.05, 3.63) is 0 Å². The first-order chi connectivity index (χ1) is 22.5. The summed E-state index contributed by atoms with van der Waals surface area (Å²) >= 11 is 0. The van der Waals surface area contributed by atoms with Crippen molar-refractivity contribution in [1.82, 2.24) is 26.6 Å². The summed E-state index contributed by atoms with van der Waals surface area (Å²) in [5.74, 6) is -3.83. The fourth-order valence-corrected chi connectivity index (χ4v) is 5.94. The van der Waals surface area contributed by atoms with Crippen LogP contribution in [0.5, 0.6) is 0 Å². The highest BCUT2D eigenvalue weighted by molar-refractivity contribution is 5.95. The van der Waals surface area contributed by atoms with Crippen molar-refractivity contribution >= 4 is 35.5 Å². The van der Waals surface area contributed by atoms with Gasteiger partial charge in [-0.05, 0) is 48.9 Å². The van der Waals surface area contributed by atoms with Crippen LogP contribution in [0.25, 0.3) is 0 Å². The lowest BCUT2D eigenvalue weighted by molar-refractivity contribution is -0.158. The molecule has 0 saturated carbocycles. The second-order valence-electron chi connectivity index (χ2n) is 14.8. The number of cyclic esters (lactones) is 1. The van der Waals surface area contributed by atoms with E-state index >= 15 is 0 Å². The second kappa shape index (κ2) is 21.7.